The van der Waals surface area contributed by atoms with Crippen molar-refractivity contribution in [2.45, 2.75) is 19.8 Å². The number of nitrogens with zero attached hydrogens (tertiary/aromatic N) is 1. The summed E-state index contributed by atoms with van der Waals surface area (Å²) in [4.78, 5) is 16.1. The number of aromatic nitrogens is 1. The van der Waals surface area contributed by atoms with Crippen LogP contribution in [0.2, 0.25) is 5.02 Å². The van der Waals surface area contributed by atoms with Crippen LogP contribution < -0.4 is 5.32 Å². The number of carbonyl (C=O) groups is 1. The van der Waals surface area contributed by atoms with Gasteiger partial charge in [0.1, 0.15) is 5.82 Å². The molecule has 1 aromatic heterocycles. The Bertz CT molecular complexity index is 595. The van der Waals surface area contributed by atoms with Gasteiger partial charge in [0, 0.05) is 28.9 Å². The van der Waals surface area contributed by atoms with Crippen molar-refractivity contribution < 1.29 is 9.18 Å². The first-order valence-electron chi connectivity index (χ1n) is 6.17. The van der Waals surface area contributed by atoms with Crippen molar-refractivity contribution >= 4 is 28.8 Å². The molecule has 2 aromatic rings. The molecule has 1 amide bonds. The molecule has 0 aliphatic carbocycles. The van der Waals surface area contributed by atoms with Crippen LogP contribution in [0.25, 0.3) is 0 Å². The molecule has 0 radical (unpaired) electrons. The second kappa shape index (κ2) is 6.81. The van der Waals surface area contributed by atoms with Crippen LogP contribution >= 0.6 is 22.9 Å². The van der Waals surface area contributed by atoms with E-state index in [2.05, 4.69) is 10.3 Å². The number of hydrogen-bond donors (Lipinski definition) is 1. The van der Waals surface area contributed by atoms with Gasteiger partial charge in [-0.05, 0) is 19.1 Å². The Kier molecular flexibility index (Phi) is 5.09. The molecule has 20 heavy (non-hydrogen) atoms. The quantitative estimate of drug-likeness (QED) is 0.921. The predicted molar refractivity (Wildman–Crippen MR) is 78.7 cm³/mol. The number of thiazole rings is 1. The van der Waals surface area contributed by atoms with Crippen molar-refractivity contribution in [2.24, 2.45) is 0 Å². The monoisotopic (exact) mass is 312 g/mol. The van der Waals surface area contributed by atoms with E-state index in [1.807, 2.05) is 12.3 Å². The fourth-order valence-corrected chi connectivity index (χ4v) is 2.65. The van der Waals surface area contributed by atoms with Crippen LogP contribution in [0.1, 0.15) is 16.3 Å². The molecule has 106 valence electrons. The number of hydrogen-bond acceptors (Lipinski definition) is 3. The largest absolute Gasteiger partial charge is 0.355 e. The van der Waals surface area contributed by atoms with Gasteiger partial charge in [-0.2, -0.15) is 0 Å². The van der Waals surface area contributed by atoms with Gasteiger partial charge in [-0.1, -0.05) is 17.7 Å². The first-order chi connectivity index (χ1) is 9.56. The zero-order valence-corrected chi connectivity index (χ0v) is 12.5. The Balaban J connectivity index is 1.84. The molecule has 0 fully saturated rings. The highest BCUT2D eigenvalue weighted by Gasteiger charge is 2.11. The highest BCUT2D eigenvalue weighted by Crippen LogP contribution is 2.19. The van der Waals surface area contributed by atoms with Gasteiger partial charge in [-0.15, -0.1) is 11.3 Å². The van der Waals surface area contributed by atoms with Gasteiger partial charge in [0.2, 0.25) is 5.91 Å². The fourth-order valence-electron chi connectivity index (χ4n) is 1.78. The smallest absolute Gasteiger partial charge is 0.224 e. The van der Waals surface area contributed by atoms with E-state index in [9.17, 15) is 9.18 Å². The van der Waals surface area contributed by atoms with E-state index in [1.54, 1.807) is 17.4 Å². The summed E-state index contributed by atoms with van der Waals surface area (Å²) in [5.74, 6) is -0.702. The molecule has 1 N–H and O–H groups in total. The minimum atomic E-state index is -0.456. The molecule has 0 aliphatic heterocycles. The van der Waals surface area contributed by atoms with Crippen molar-refractivity contribution in [3.8, 4) is 0 Å². The summed E-state index contributed by atoms with van der Waals surface area (Å²) in [5.41, 5.74) is 1.19. The molecule has 1 aromatic carbocycles. The summed E-state index contributed by atoms with van der Waals surface area (Å²) in [6.45, 7) is 2.42. The lowest BCUT2D eigenvalue weighted by Gasteiger charge is -2.07. The second-order valence-corrected chi connectivity index (χ2v) is 5.80. The van der Waals surface area contributed by atoms with Crippen LogP contribution in [0.5, 0.6) is 0 Å². The van der Waals surface area contributed by atoms with Gasteiger partial charge >= 0.3 is 0 Å². The molecule has 0 saturated carbocycles. The van der Waals surface area contributed by atoms with Crippen LogP contribution in [-0.4, -0.2) is 17.4 Å². The minimum absolute atomic E-state index is 0.0540. The Morgan fingerprint density at radius 2 is 2.30 bits per heavy atom. The van der Waals surface area contributed by atoms with Crippen LogP contribution in [0.3, 0.4) is 0 Å². The Morgan fingerprint density at radius 3 is 2.95 bits per heavy atom. The maximum absolute atomic E-state index is 13.5. The van der Waals surface area contributed by atoms with E-state index in [0.29, 0.717) is 13.0 Å². The third-order valence-electron chi connectivity index (χ3n) is 2.77. The van der Waals surface area contributed by atoms with E-state index in [1.165, 1.54) is 12.1 Å². The van der Waals surface area contributed by atoms with Crippen molar-refractivity contribution in [3.63, 3.8) is 0 Å². The summed E-state index contributed by atoms with van der Waals surface area (Å²) >= 11 is 7.46. The summed E-state index contributed by atoms with van der Waals surface area (Å²) in [7, 11) is 0. The zero-order chi connectivity index (χ0) is 14.5. The van der Waals surface area contributed by atoms with Gasteiger partial charge in [0.25, 0.3) is 0 Å². The van der Waals surface area contributed by atoms with Crippen LogP contribution in [0, 0.1) is 12.7 Å². The molecular formula is C14H14ClFN2OS. The summed E-state index contributed by atoms with van der Waals surface area (Å²) < 4.78 is 13.5. The lowest BCUT2D eigenvalue weighted by Crippen LogP contribution is -2.27. The number of carbonyl (C=O) groups excluding carboxylic acids is 1. The molecule has 0 saturated heterocycles. The number of aryl methyl sites for hydroxylation is 1. The van der Waals surface area contributed by atoms with Crippen molar-refractivity contribution in [3.05, 3.63) is 50.7 Å². The third-order valence-corrected chi connectivity index (χ3v) is 3.95. The second-order valence-electron chi connectivity index (χ2n) is 4.33. The van der Waals surface area contributed by atoms with Crippen LogP contribution in [0.4, 0.5) is 4.39 Å². The van der Waals surface area contributed by atoms with Crippen molar-refractivity contribution in [1.82, 2.24) is 10.3 Å². The van der Waals surface area contributed by atoms with Crippen LogP contribution in [0.15, 0.2) is 23.6 Å². The molecule has 0 unspecified atom stereocenters. The summed E-state index contributed by atoms with van der Waals surface area (Å²) in [6.07, 6.45) is 0.614. The Hall–Kier alpha value is -1.46. The number of halogens is 2. The number of rotatable bonds is 5. The molecular weight excluding hydrogens is 299 g/mol. The highest BCUT2D eigenvalue weighted by atomic mass is 35.5. The van der Waals surface area contributed by atoms with Gasteiger partial charge < -0.3 is 5.32 Å². The molecule has 0 aliphatic rings. The maximum atomic E-state index is 13.5. The number of amides is 1. The number of nitrogens with one attached hydrogen (secondary N) is 1. The first-order valence-corrected chi connectivity index (χ1v) is 7.42. The Morgan fingerprint density at radius 1 is 1.50 bits per heavy atom. The molecule has 1 heterocycles. The van der Waals surface area contributed by atoms with E-state index >= 15 is 0 Å². The van der Waals surface area contributed by atoms with Crippen molar-refractivity contribution in [1.29, 1.82) is 0 Å². The lowest BCUT2D eigenvalue weighted by atomic mass is 10.1. The van der Waals surface area contributed by atoms with E-state index in [0.717, 1.165) is 10.7 Å². The first kappa shape index (κ1) is 14.9. The maximum Gasteiger partial charge on any atom is 0.224 e. The van der Waals surface area contributed by atoms with Gasteiger partial charge in [0.15, 0.2) is 0 Å². The molecule has 6 heteroatoms. The minimum Gasteiger partial charge on any atom is -0.355 e. The Labute approximate surface area is 125 Å². The van der Waals surface area contributed by atoms with Gasteiger partial charge in [-0.25, -0.2) is 9.37 Å². The molecule has 0 atom stereocenters. The lowest BCUT2D eigenvalue weighted by molar-refractivity contribution is -0.120. The molecule has 0 bridgehead atoms. The fraction of sp³-hybridized carbons (Fsp3) is 0.286. The van der Waals surface area contributed by atoms with E-state index in [-0.39, 0.29) is 22.9 Å². The topological polar surface area (TPSA) is 42.0 Å². The molecule has 2 rings (SSSR count). The molecule has 3 nitrogen and oxygen atoms in total. The predicted octanol–water partition coefficient (Wildman–Crippen LogP) is 3.15. The highest BCUT2D eigenvalue weighted by molar-refractivity contribution is 7.09. The van der Waals surface area contributed by atoms with Gasteiger partial charge in [-0.3, -0.25) is 4.79 Å². The molecule has 0 spiro atoms. The summed E-state index contributed by atoms with van der Waals surface area (Å²) in [5, 5.41) is 5.99. The standard InChI is InChI=1S/C14H14ClFN2OS/c1-9-18-10(8-20-9)5-6-17-14(19)7-11-12(15)3-2-4-13(11)16/h2-4,8H,5-7H2,1H3,(H,17,19). The van der Waals surface area contributed by atoms with Crippen LogP contribution in [-0.2, 0) is 17.6 Å². The van der Waals surface area contributed by atoms with Gasteiger partial charge in [0.05, 0.1) is 17.1 Å². The van der Waals surface area contributed by atoms with Crippen molar-refractivity contribution in [2.75, 3.05) is 6.54 Å². The zero-order valence-electron chi connectivity index (χ0n) is 11.0. The van der Waals surface area contributed by atoms with E-state index < -0.39 is 5.82 Å². The summed E-state index contributed by atoms with van der Waals surface area (Å²) in [6, 6.07) is 4.39. The third kappa shape index (κ3) is 4.02. The normalized spacial score (nSPS) is 10.6. The SMILES string of the molecule is Cc1nc(CCNC(=O)Cc2c(F)cccc2Cl)cs1. The average molecular weight is 313 g/mol. The van der Waals surface area contributed by atoms with E-state index in [4.69, 9.17) is 11.6 Å². The average Bonchev–Trinajstić information content (AvgIpc) is 2.80. The number of benzene rings is 1.